The molecule has 1 N–H and O–H groups in total. The number of hydrogen-bond donors (Lipinski definition) is 1. The lowest BCUT2D eigenvalue weighted by molar-refractivity contribution is 0.0900. The molecule has 0 bridgehead atoms. The Hall–Kier alpha value is -0.890. The molecule has 3 atom stereocenters. The molecule has 1 saturated carbocycles. The van der Waals surface area contributed by atoms with Crippen molar-refractivity contribution in [3.05, 3.63) is 35.6 Å². The maximum Gasteiger partial charge on any atom is 0.123 e. The molecule has 0 aliphatic heterocycles. The van der Waals surface area contributed by atoms with Crippen molar-refractivity contribution in [3.8, 4) is 0 Å². The molecule has 3 unspecified atom stereocenters. The summed E-state index contributed by atoms with van der Waals surface area (Å²) in [6, 6.07) is 6.20. The maximum absolute atomic E-state index is 12.7. The van der Waals surface area contributed by atoms with Gasteiger partial charge in [0.2, 0.25) is 0 Å². The second-order valence-electron chi connectivity index (χ2n) is 4.57. The topological polar surface area (TPSA) is 20.2 Å². The third kappa shape index (κ3) is 2.20. The first-order chi connectivity index (χ1) is 7.18. The molecule has 0 aromatic heterocycles. The summed E-state index contributed by atoms with van der Waals surface area (Å²) in [6.45, 7) is 2.18. The number of aliphatic hydroxyl groups is 1. The monoisotopic (exact) mass is 208 g/mol. The molecule has 2 heteroatoms. The summed E-state index contributed by atoms with van der Waals surface area (Å²) in [4.78, 5) is 0. The van der Waals surface area contributed by atoms with Gasteiger partial charge in [0.05, 0.1) is 6.10 Å². The van der Waals surface area contributed by atoms with Crippen LogP contribution in [0.3, 0.4) is 0 Å². The van der Waals surface area contributed by atoms with Gasteiger partial charge < -0.3 is 5.11 Å². The van der Waals surface area contributed by atoms with Crippen LogP contribution in [0.2, 0.25) is 0 Å². The minimum Gasteiger partial charge on any atom is -0.388 e. The van der Waals surface area contributed by atoms with Crippen LogP contribution in [0.15, 0.2) is 24.3 Å². The van der Waals surface area contributed by atoms with E-state index in [1.807, 2.05) is 0 Å². The fourth-order valence-corrected chi connectivity index (χ4v) is 2.55. The van der Waals surface area contributed by atoms with E-state index in [1.165, 1.54) is 25.0 Å². The second kappa shape index (κ2) is 4.31. The van der Waals surface area contributed by atoms with Gasteiger partial charge in [0.15, 0.2) is 0 Å². The van der Waals surface area contributed by atoms with Crippen molar-refractivity contribution in [1.82, 2.24) is 0 Å². The molecule has 1 fully saturated rings. The highest BCUT2D eigenvalue weighted by atomic mass is 19.1. The van der Waals surface area contributed by atoms with Crippen LogP contribution >= 0.6 is 0 Å². The average Bonchev–Trinajstić information content (AvgIpc) is 2.65. The first-order valence-electron chi connectivity index (χ1n) is 5.62. The zero-order valence-corrected chi connectivity index (χ0v) is 8.99. The quantitative estimate of drug-likeness (QED) is 0.790. The molecule has 1 aromatic rings. The van der Waals surface area contributed by atoms with Crippen molar-refractivity contribution in [2.75, 3.05) is 0 Å². The Labute approximate surface area is 89.9 Å². The molecular formula is C13H17FO. The van der Waals surface area contributed by atoms with Gasteiger partial charge in [0, 0.05) is 0 Å². The van der Waals surface area contributed by atoms with Crippen LogP contribution in [0.1, 0.15) is 37.9 Å². The Morgan fingerprint density at radius 3 is 2.47 bits per heavy atom. The number of hydrogen-bond acceptors (Lipinski definition) is 1. The van der Waals surface area contributed by atoms with Crippen molar-refractivity contribution in [2.24, 2.45) is 11.8 Å². The van der Waals surface area contributed by atoms with Crippen molar-refractivity contribution < 1.29 is 9.50 Å². The predicted molar refractivity (Wildman–Crippen MR) is 57.9 cm³/mol. The van der Waals surface area contributed by atoms with E-state index in [0.29, 0.717) is 11.8 Å². The van der Waals surface area contributed by atoms with E-state index in [-0.39, 0.29) is 5.82 Å². The zero-order chi connectivity index (χ0) is 10.8. The Kier molecular flexibility index (Phi) is 3.06. The van der Waals surface area contributed by atoms with E-state index in [0.717, 1.165) is 12.0 Å². The molecule has 1 aliphatic carbocycles. The summed E-state index contributed by atoms with van der Waals surface area (Å²) in [5.41, 5.74) is 0.843. The Balaban J connectivity index is 2.13. The molecule has 2 rings (SSSR count). The van der Waals surface area contributed by atoms with Gasteiger partial charge in [0.1, 0.15) is 5.82 Å². The Morgan fingerprint density at radius 2 is 1.93 bits per heavy atom. The van der Waals surface area contributed by atoms with Gasteiger partial charge in [-0.25, -0.2) is 4.39 Å². The van der Waals surface area contributed by atoms with Crippen LogP contribution in [-0.4, -0.2) is 5.11 Å². The minimum absolute atomic E-state index is 0.245. The summed E-state index contributed by atoms with van der Waals surface area (Å²) < 4.78 is 12.7. The molecular weight excluding hydrogens is 191 g/mol. The zero-order valence-electron chi connectivity index (χ0n) is 8.99. The highest BCUT2D eigenvalue weighted by Crippen LogP contribution is 2.39. The lowest BCUT2D eigenvalue weighted by atomic mass is 9.88. The van der Waals surface area contributed by atoms with Gasteiger partial charge in [0.25, 0.3) is 0 Å². The molecule has 0 saturated heterocycles. The average molecular weight is 208 g/mol. The Bertz CT molecular complexity index is 320. The van der Waals surface area contributed by atoms with Crippen LogP contribution < -0.4 is 0 Å². The van der Waals surface area contributed by atoms with Crippen LogP contribution in [0.4, 0.5) is 4.39 Å². The van der Waals surface area contributed by atoms with Gasteiger partial charge in [-0.2, -0.15) is 0 Å². The lowest BCUT2D eigenvalue weighted by Gasteiger charge is -2.22. The summed E-state index contributed by atoms with van der Waals surface area (Å²) in [7, 11) is 0. The number of aliphatic hydroxyl groups excluding tert-OH is 1. The standard InChI is InChI=1S/C13H17FO/c1-9-3-2-4-12(9)13(15)10-5-7-11(14)8-6-10/h5-9,12-13,15H,2-4H2,1H3. The highest BCUT2D eigenvalue weighted by Gasteiger charge is 2.30. The van der Waals surface area contributed by atoms with E-state index in [9.17, 15) is 9.50 Å². The normalized spacial score (nSPS) is 27.9. The smallest absolute Gasteiger partial charge is 0.123 e. The highest BCUT2D eigenvalue weighted by molar-refractivity contribution is 5.19. The van der Waals surface area contributed by atoms with Crippen LogP contribution in [0, 0.1) is 17.7 Å². The molecule has 0 radical (unpaired) electrons. The van der Waals surface area contributed by atoms with Crippen LogP contribution in [-0.2, 0) is 0 Å². The largest absolute Gasteiger partial charge is 0.388 e. The maximum atomic E-state index is 12.7. The number of rotatable bonds is 2. The second-order valence-corrected chi connectivity index (χ2v) is 4.57. The molecule has 1 aromatic carbocycles. The molecule has 0 spiro atoms. The van der Waals surface area contributed by atoms with E-state index in [2.05, 4.69) is 6.92 Å². The van der Waals surface area contributed by atoms with Gasteiger partial charge in [-0.15, -0.1) is 0 Å². The number of benzene rings is 1. The summed E-state index contributed by atoms with van der Waals surface area (Å²) in [5.74, 6) is 0.672. The van der Waals surface area contributed by atoms with E-state index < -0.39 is 6.10 Å². The molecule has 0 heterocycles. The SMILES string of the molecule is CC1CCCC1C(O)c1ccc(F)cc1. The fourth-order valence-electron chi connectivity index (χ4n) is 2.55. The van der Waals surface area contributed by atoms with Crippen LogP contribution in [0.5, 0.6) is 0 Å². The van der Waals surface area contributed by atoms with Crippen LogP contribution in [0.25, 0.3) is 0 Å². The number of halogens is 1. The van der Waals surface area contributed by atoms with Crippen molar-refractivity contribution >= 4 is 0 Å². The van der Waals surface area contributed by atoms with Gasteiger partial charge >= 0.3 is 0 Å². The summed E-state index contributed by atoms with van der Waals surface area (Å²) in [6.07, 6.45) is 3.05. The molecule has 15 heavy (non-hydrogen) atoms. The van der Waals surface area contributed by atoms with Gasteiger partial charge in [-0.05, 0) is 36.0 Å². The van der Waals surface area contributed by atoms with Crippen molar-refractivity contribution in [2.45, 2.75) is 32.3 Å². The van der Waals surface area contributed by atoms with Crippen molar-refractivity contribution in [3.63, 3.8) is 0 Å². The summed E-state index contributed by atoms with van der Waals surface area (Å²) >= 11 is 0. The molecule has 1 nitrogen and oxygen atoms in total. The Morgan fingerprint density at radius 1 is 1.27 bits per heavy atom. The first kappa shape index (κ1) is 10.6. The fraction of sp³-hybridized carbons (Fsp3) is 0.538. The molecule has 1 aliphatic rings. The minimum atomic E-state index is -0.428. The van der Waals surface area contributed by atoms with E-state index in [1.54, 1.807) is 12.1 Å². The summed E-state index contributed by atoms with van der Waals surface area (Å²) in [5, 5.41) is 10.2. The molecule has 0 amide bonds. The van der Waals surface area contributed by atoms with Crippen molar-refractivity contribution in [1.29, 1.82) is 0 Å². The van der Waals surface area contributed by atoms with E-state index in [4.69, 9.17) is 0 Å². The molecule has 82 valence electrons. The van der Waals surface area contributed by atoms with Gasteiger partial charge in [-0.3, -0.25) is 0 Å². The third-order valence-electron chi connectivity index (χ3n) is 3.54. The third-order valence-corrected chi connectivity index (χ3v) is 3.54. The first-order valence-corrected chi connectivity index (χ1v) is 5.62. The van der Waals surface area contributed by atoms with E-state index >= 15 is 0 Å². The predicted octanol–water partition coefficient (Wildman–Crippen LogP) is 3.30. The lowest BCUT2D eigenvalue weighted by Crippen LogP contribution is -2.15. The van der Waals surface area contributed by atoms with Gasteiger partial charge in [-0.1, -0.05) is 31.9 Å².